The van der Waals surface area contributed by atoms with Crippen LogP contribution in [-0.2, 0) is 5.88 Å². The summed E-state index contributed by atoms with van der Waals surface area (Å²) in [7, 11) is 0. The van der Waals surface area contributed by atoms with Crippen LogP contribution in [0.4, 0.5) is 5.82 Å². The molecule has 0 bridgehead atoms. The second kappa shape index (κ2) is 6.04. The molecule has 0 amide bonds. The van der Waals surface area contributed by atoms with Crippen molar-refractivity contribution in [2.45, 2.75) is 25.8 Å². The highest BCUT2D eigenvalue weighted by Gasteiger charge is 2.25. The number of rotatable bonds is 3. The number of aromatic nitrogens is 2. The largest absolute Gasteiger partial charge is 0.353 e. The molecule has 0 saturated carbocycles. The zero-order valence-corrected chi connectivity index (χ0v) is 12.2. The van der Waals surface area contributed by atoms with Crippen LogP contribution in [0.25, 0.3) is 0 Å². The molecule has 0 aliphatic carbocycles. The van der Waals surface area contributed by atoms with Crippen molar-refractivity contribution in [1.29, 1.82) is 0 Å². The summed E-state index contributed by atoms with van der Waals surface area (Å²) >= 11 is 12.0. The van der Waals surface area contributed by atoms with Gasteiger partial charge in [0.05, 0.1) is 5.88 Å². The summed E-state index contributed by atoms with van der Waals surface area (Å²) < 4.78 is 0. The maximum absolute atomic E-state index is 6.07. The molecule has 0 radical (unpaired) electrons. The summed E-state index contributed by atoms with van der Waals surface area (Å²) in [6.45, 7) is 8.46. The number of alkyl halides is 1. The third-order valence-corrected chi connectivity index (χ3v) is 4.07. The monoisotopic (exact) mass is 288 g/mol. The van der Waals surface area contributed by atoms with E-state index >= 15 is 0 Å². The first kappa shape index (κ1) is 13.8. The minimum absolute atomic E-state index is 0.345. The second-order valence-electron chi connectivity index (χ2n) is 4.52. The van der Waals surface area contributed by atoms with E-state index in [1.165, 1.54) is 6.33 Å². The van der Waals surface area contributed by atoms with Gasteiger partial charge in [0.25, 0.3) is 0 Å². The van der Waals surface area contributed by atoms with Crippen molar-refractivity contribution >= 4 is 29.0 Å². The van der Waals surface area contributed by atoms with Gasteiger partial charge in [0.15, 0.2) is 0 Å². The fraction of sp³-hybridized carbons (Fsp3) is 0.667. The molecule has 2 rings (SSSR count). The summed E-state index contributed by atoms with van der Waals surface area (Å²) in [4.78, 5) is 13.0. The Balaban J connectivity index is 2.20. The van der Waals surface area contributed by atoms with Crippen LogP contribution < -0.4 is 4.90 Å². The van der Waals surface area contributed by atoms with Gasteiger partial charge in [-0.25, -0.2) is 9.97 Å². The van der Waals surface area contributed by atoms with Crippen molar-refractivity contribution in [2.75, 3.05) is 31.1 Å². The van der Waals surface area contributed by atoms with Crippen molar-refractivity contribution in [3.63, 3.8) is 0 Å². The fourth-order valence-corrected chi connectivity index (χ4v) is 2.94. The van der Waals surface area contributed by atoms with Gasteiger partial charge in [0, 0.05) is 31.2 Å². The van der Waals surface area contributed by atoms with Crippen LogP contribution in [0.5, 0.6) is 0 Å². The van der Waals surface area contributed by atoms with Gasteiger partial charge in [0.1, 0.15) is 17.3 Å². The summed E-state index contributed by atoms with van der Waals surface area (Å²) in [6, 6.07) is 0.515. The van der Waals surface area contributed by atoms with Gasteiger partial charge in [-0.05, 0) is 13.5 Å². The Hall–Kier alpha value is -0.580. The van der Waals surface area contributed by atoms with E-state index in [-0.39, 0.29) is 0 Å². The Morgan fingerprint density at radius 2 is 2.17 bits per heavy atom. The predicted octanol–water partition coefficient (Wildman–Crippen LogP) is 2.40. The molecule has 18 heavy (non-hydrogen) atoms. The lowest BCUT2D eigenvalue weighted by atomic mass is 10.2. The summed E-state index contributed by atoms with van der Waals surface area (Å²) in [6.07, 6.45) is 1.50. The summed E-state index contributed by atoms with van der Waals surface area (Å²) in [5, 5.41) is 0.459. The van der Waals surface area contributed by atoms with Gasteiger partial charge in [-0.1, -0.05) is 18.5 Å². The van der Waals surface area contributed by atoms with Crippen molar-refractivity contribution in [3.8, 4) is 0 Å². The lowest BCUT2D eigenvalue weighted by Crippen LogP contribution is -2.52. The number of halogens is 2. The summed E-state index contributed by atoms with van der Waals surface area (Å²) in [5.41, 5.74) is 0.831. The smallest absolute Gasteiger partial charge is 0.138 e. The molecule has 2 heterocycles. The van der Waals surface area contributed by atoms with Crippen LogP contribution in [0.1, 0.15) is 19.4 Å². The van der Waals surface area contributed by atoms with Gasteiger partial charge in [-0.3, -0.25) is 4.90 Å². The molecule has 1 aromatic rings. The maximum atomic E-state index is 6.07. The average Bonchev–Trinajstić information content (AvgIpc) is 2.38. The molecule has 1 aliphatic rings. The van der Waals surface area contributed by atoms with E-state index in [4.69, 9.17) is 23.2 Å². The van der Waals surface area contributed by atoms with Crippen molar-refractivity contribution in [3.05, 3.63) is 17.0 Å². The average molecular weight is 289 g/mol. The van der Waals surface area contributed by atoms with E-state index < -0.39 is 0 Å². The van der Waals surface area contributed by atoms with Gasteiger partial charge in [0.2, 0.25) is 0 Å². The van der Waals surface area contributed by atoms with Gasteiger partial charge < -0.3 is 4.90 Å². The maximum Gasteiger partial charge on any atom is 0.138 e. The van der Waals surface area contributed by atoms with Gasteiger partial charge in [-0.2, -0.15) is 0 Å². The SMILES string of the molecule is CCN1CCN(c2ncnc(Cl)c2CCl)CC1C. The van der Waals surface area contributed by atoms with Crippen LogP contribution in [0, 0.1) is 0 Å². The molecule has 1 unspecified atom stereocenters. The van der Waals surface area contributed by atoms with Crippen LogP contribution in [-0.4, -0.2) is 47.1 Å². The van der Waals surface area contributed by atoms with E-state index in [1.807, 2.05) is 0 Å². The predicted molar refractivity (Wildman–Crippen MR) is 75.5 cm³/mol. The Labute approximate surface area is 118 Å². The molecule has 0 aromatic carbocycles. The lowest BCUT2D eigenvalue weighted by molar-refractivity contribution is 0.199. The normalized spacial score (nSPS) is 21.3. The first-order chi connectivity index (χ1) is 8.67. The Kier molecular flexibility index (Phi) is 4.65. The van der Waals surface area contributed by atoms with Crippen LogP contribution in [0.15, 0.2) is 6.33 Å². The van der Waals surface area contributed by atoms with Crippen LogP contribution >= 0.6 is 23.2 Å². The molecule has 1 aromatic heterocycles. The number of anilines is 1. The lowest BCUT2D eigenvalue weighted by Gasteiger charge is -2.40. The van der Waals surface area contributed by atoms with Crippen LogP contribution in [0.2, 0.25) is 5.15 Å². The Bertz CT molecular complexity index is 413. The molecule has 1 fully saturated rings. The molecule has 4 nitrogen and oxygen atoms in total. The second-order valence-corrected chi connectivity index (χ2v) is 5.15. The standard InChI is InChI=1S/C12H18Cl2N4/c1-3-17-4-5-18(7-9(17)2)12-10(6-13)11(14)15-8-16-12/h8-9H,3-7H2,1-2H3. The zero-order valence-electron chi connectivity index (χ0n) is 10.7. The zero-order chi connectivity index (χ0) is 13.1. The molecule has 1 aliphatic heterocycles. The molecule has 6 heteroatoms. The molecular formula is C12H18Cl2N4. The Morgan fingerprint density at radius 3 is 2.78 bits per heavy atom. The third-order valence-electron chi connectivity index (χ3n) is 3.47. The first-order valence-electron chi connectivity index (χ1n) is 6.21. The van der Waals surface area contributed by atoms with Gasteiger partial charge >= 0.3 is 0 Å². The number of likely N-dealkylation sites (N-methyl/N-ethyl adjacent to an activating group) is 1. The number of piperazine rings is 1. The molecular weight excluding hydrogens is 271 g/mol. The highest BCUT2D eigenvalue weighted by Crippen LogP contribution is 2.26. The van der Waals surface area contributed by atoms with Crippen LogP contribution in [0.3, 0.4) is 0 Å². The van der Waals surface area contributed by atoms with E-state index in [2.05, 4.69) is 33.6 Å². The highest BCUT2D eigenvalue weighted by molar-refractivity contribution is 6.31. The minimum atomic E-state index is 0.345. The molecule has 1 saturated heterocycles. The topological polar surface area (TPSA) is 32.3 Å². The van der Waals surface area contributed by atoms with Crippen molar-refractivity contribution in [1.82, 2.24) is 14.9 Å². The number of hydrogen-bond donors (Lipinski definition) is 0. The van der Waals surface area contributed by atoms with E-state index in [9.17, 15) is 0 Å². The third kappa shape index (κ3) is 2.71. The summed E-state index contributed by atoms with van der Waals surface area (Å²) in [5.74, 6) is 1.23. The highest BCUT2D eigenvalue weighted by atomic mass is 35.5. The minimum Gasteiger partial charge on any atom is -0.353 e. The fourth-order valence-electron chi connectivity index (χ4n) is 2.43. The van der Waals surface area contributed by atoms with Gasteiger partial charge in [-0.15, -0.1) is 11.6 Å². The molecule has 0 spiro atoms. The van der Waals surface area contributed by atoms with Crippen molar-refractivity contribution < 1.29 is 0 Å². The van der Waals surface area contributed by atoms with E-state index in [0.29, 0.717) is 17.1 Å². The quantitative estimate of drug-likeness (QED) is 0.632. The first-order valence-corrected chi connectivity index (χ1v) is 7.13. The van der Waals surface area contributed by atoms with E-state index in [0.717, 1.165) is 37.6 Å². The number of hydrogen-bond acceptors (Lipinski definition) is 4. The molecule has 100 valence electrons. The molecule has 1 atom stereocenters. The number of nitrogens with zero attached hydrogens (tertiary/aromatic N) is 4. The van der Waals surface area contributed by atoms with E-state index in [1.54, 1.807) is 0 Å². The van der Waals surface area contributed by atoms with Crippen molar-refractivity contribution in [2.24, 2.45) is 0 Å². The Morgan fingerprint density at radius 1 is 1.39 bits per heavy atom. The molecule has 0 N–H and O–H groups in total.